The van der Waals surface area contributed by atoms with Crippen molar-refractivity contribution in [2.24, 2.45) is 0 Å². The number of fused-ring (bicyclic) bond motifs is 1. The highest BCUT2D eigenvalue weighted by Gasteiger charge is 2.17. The Morgan fingerprint density at radius 2 is 2.14 bits per heavy atom. The van der Waals surface area contributed by atoms with Gasteiger partial charge in [-0.25, -0.2) is 4.79 Å². The second kappa shape index (κ2) is 6.17. The fraction of sp³-hybridized carbons (Fsp3) is 0.357. The van der Waals surface area contributed by atoms with Gasteiger partial charge in [0, 0.05) is 11.8 Å². The van der Waals surface area contributed by atoms with E-state index >= 15 is 0 Å². The average Bonchev–Trinajstić information content (AvgIpc) is 2.46. The smallest absolute Gasteiger partial charge is 0.335 e. The molecule has 0 spiro atoms. The van der Waals surface area contributed by atoms with E-state index in [1.165, 1.54) is 22.8 Å². The van der Waals surface area contributed by atoms with Crippen molar-refractivity contribution >= 4 is 28.8 Å². The molecule has 0 bridgehead atoms. The number of nitrogens with zero attached hydrogens (tertiary/aromatic N) is 1. The summed E-state index contributed by atoms with van der Waals surface area (Å²) in [5, 5.41) is 9.09. The molecule has 112 valence electrons. The first kappa shape index (κ1) is 15.4. The zero-order chi connectivity index (χ0) is 15.6. The zero-order valence-electron chi connectivity index (χ0n) is 11.8. The number of hydrogen-bond donors (Lipinski definition) is 2. The highest BCUT2D eigenvalue weighted by atomic mass is 32.2. The zero-order valence-corrected chi connectivity index (χ0v) is 12.6. The highest BCUT2D eigenvalue weighted by Crippen LogP contribution is 2.20. The number of hydrogen-bond acceptors (Lipinski definition) is 4. The van der Waals surface area contributed by atoms with Gasteiger partial charge in [0.25, 0.3) is 0 Å². The lowest BCUT2D eigenvalue weighted by Gasteiger charge is -2.19. The minimum atomic E-state index is -1.07. The Morgan fingerprint density at radius 1 is 1.43 bits per heavy atom. The number of carboxylic acids is 1. The van der Waals surface area contributed by atoms with Crippen molar-refractivity contribution in [3.63, 3.8) is 0 Å². The SMILES string of the molecule is CCC(CSC)n1c(=O)c(=O)[nH]c2ccc(C(=O)O)cc21. The van der Waals surface area contributed by atoms with Gasteiger partial charge in [-0.05, 0) is 30.9 Å². The van der Waals surface area contributed by atoms with Crippen molar-refractivity contribution < 1.29 is 9.90 Å². The molecule has 0 aliphatic heterocycles. The summed E-state index contributed by atoms with van der Waals surface area (Å²) >= 11 is 1.57. The van der Waals surface area contributed by atoms with Crippen LogP contribution in [0.15, 0.2) is 27.8 Å². The van der Waals surface area contributed by atoms with Crippen molar-refractivity contribution in [1.82, 2.24) is 9.55 Å². The second-order valence-electron chi connectivity index (χ2n) is 4.68. The van der Waals surface area contributed by atoms with Gasteiger partial charge in [0.2, 0.25) is 0 Å². The summed E-state index contributed by atoms with van der Waals surface area (Å²) < 4.78 is 1.41. The third-order valence-electron chi connectivity index (χ3n) is 3.36. The molecule has 6 nitrogen and oxygen atoms in total. The van der Waals surface area contributed by atoms with Gasteiger partial charge >= 0.3 is 17.1 Å². The number of benzene rings is 1. The van der Waals surface area contributed by atoms with Crippen LogP contribution in [0.2, 0.25) is 0 Å². The molecule has 2 N–H and O–H groups in total. The molecule has 0 aliphatic carbocycles. The molecule has 0 saturated carbocycles. The van der Waals surface area contributed by atoms with E-state index in [9.17, 15) is 14.4 Å². The molecule has 0 radical (unpaired) electrons. The van der Waals surface area contributed by atoms with Crippen LogP contribution in [0, 0.1) is 0 Å². The Morgan fingerprint density at radius 3 is 2.71 bits per heavy atom. The fourth-order valence-electron chi connectivity index (χ4n) is 2.29. The maximum absolute atomic E-state index is 12.2. The third kappa shape index (κ3) is 2.87. The molecular formula is C14H16N2O4S. The molecule has 21 heavy (non-hydrogen) atoms. The number of thioether (sulfide) groups is 1. The molecule has 1 aromatic heterocycles. The maximum Gasteiger partial charge on any atom is 0.335 e. The van der Waals surface area contributed by atoms with Gasteiger partial charge in [-0.1, -0.05) is 6.92 Å². The third-order valence-corrected chi connectivity index (χ3v) is 4.08. The quantitative estimate of drug-likeness (QED) is 0.820. The molecule has 1 aromatic carbocycles. The van der Waals surface area contributed by atoms with Crippen molar-refractivity contribution in [2.75, 3.05) is 12.0 Å². The van der Waals surface area contributed by atoms with Gasteiger partial charge in [-0.3, -0.25) is 14.2 Å². The lowest BCUT2D eigenvalue weighted by atomic mass is 10.1. The van der Waals surface area contributed by atoms with E-state index in [1.54, 1.807) is 11.8 Å². The molecule has 1 heterocycles. The van der Waals surface area contributed by atoms with Crippen LogP contribution in [0.4, 0.5) is 0 Å². The summed E-state index contributed by atoms with van der Waals surface area (Å²) in [6, 6.07) is 4.20. The number of nitrogens with one attached hydrogen (secondary N) is 1. The summed E-state index contributed by atoms with van der Waals surface area (Å²) in [4.78, 5) is 37.6. The predicted octanol–water partition coefficient (Wildman–Crippen LogP) is 1.70. The van der Waals surface area contributed by atoms with Crippen LogP contribution in [0.3, 0.4) is 0 Å². The number of rotatable bonds is 5. The lowest BCUT2D eigenvalue weighted by Crippen LogP contribution is -2.39. The number of aromatic amines is 1. The van der Waals surface area contributed by atoms with Crippen LogP contribution < -0.4 is 11.1 Å². The largest absolute Gasteiger partial charge is 0.478 e. The first-order chi connectivity index (χ1) is 9.99. The molecular weight excluding hydrogens is 292 g/mol. The summed E-state index contributed by atoms with van der Waals surface area (Å²) in [5.74, 6) is -0.397. The molecule has 1 unspecified atom stereocenters. The average molecular weight is 308 g/mol. The van der Waals surface area contributed by atoms with Crippen molar-refractivity contribution in [2.45, 2.75) is 19.4 Å². The Balaban J connectivity index is 2.83. The Labute approximate surface area is 124 Å². The van der Waals surface area contributed by atoms with E-state index in [0.717, 1.165) is 0 Å². The Bertz CT molecular complexity index is 794. The van der Waals surface area contributed by atoms with Crippen molar-refractivity contribution in [1.29, 1.82) is 0 Å². The van der Waals surface area contributed by atoms with Gasteiger partial charge < -0.3 is 10.1 Å². The number of aromatic carboxylic acids is 1. The molecule has 2 rings (SSSR count). The summed E-state index contributed by atoms with van der Waals surface area (Å²) in [6.07, 6.45) is 2.60. The van der Waals surface area contributed by atoms with E-state index in [1.807, 2.05) is 13.2 Å². The van der Waals surface area contributed by atoms with Gasteiger partial charge in [-0.2, -0.15) is 11.8 Å². The van der Waals surface area contributed by atoms with Crippen LogP contribution in [-0.4, -0.2) is 32.6 Å². The summed E-state index contributed by atoms with van der Waals surface area (Å²) in [6.45, 7) is 1.93. The summed E-state index contributed by atoms with van der Waals surface area (Å²) in [7, 11) is 0. The van der Waals surface area contributed by atoms with Crippen LogP contribution in [0.5, 0.6) is 0 Å². The van der Waals surface area contributed by atoms with Crippen molar-refractivity contribution in [3.05, 3.63) is 44.5 Å². The van der Waals surface area contributed by atoms with Gasteiger partial charge in [-0.15, -0.1) is 0 Å². The summed E-state index contributed by atoms with van der Waals surface area (Å²) in [5.41, 5.74) is -0.345. The predicted molar refractivity (Wildman–Crippen MR) is 83.5 cm³/mol. The number of H-pyrrole nitrogens is 1. The first-order valence-corrected chi connectivity index (χ1v) is 7.89. The Kier molecular flexibility index (Phi) is 4.52. The van der Waals surface area contributed by atoms with Gasteiger partial charge in [0.05, 0.1) is 16.6 Å². The lowest BCUT2D eigenvalue weighted by molar-refractivity contribution is 0.0697. The second-order valence-corrected chi connectivity index (χ2v) is 5.59. The van der Waals surface area contributed by atoms with Gasteiger partial charge in [0.1, 0.15) is 0 Å². The van der Waals surface area contributed by atoms with E-state index in [-0.39, 0.29) is 11.6 Å². The normalized spacial score (nSPS) is 12.5. The first-order valence-electron chi connectivity index (χ1n) is 6.50. The number of carbonyl (C=O) groups is 1. The molecule has 7 heteroatoms. The van der Waals surface area contributed by atoms with Gasteiger partial charge in [0.15, 0.2) is 0 Å². The van der Waals surface area contributed by atoms with E-state index in [2.05, 4.69) is 4.98 Å². The Hall–Kier alpha value is -2.02. The molecule has 1 atom stereocenters. The van der Waals surface area contributed by atoms with Crippen LogP contribution in [-0.2, 0) is 0 Å². The maximum atomic E-state index is 12.2. The highest BCUT2D eigenvalue weighted by molar-refractivity contribution is 7.98. The van der Waals surface area contributed by atoms with E-state index < -0.39 is 17.1 Å². The molecule has 0 fully saturated rings. The topological polar surface area (TPSA) is 92.2 Å². The fourth-order valence-corrected chi connectivity index (χ4v) is 3.06. The van der Waals surface area contributed by atoms with E-state index in [0.29, 0.717) is 23.2 Å². The van der Waals surface area contributed by atoms with Crippen LogP contribution >= 0.6 is 11.8 Å². The van der Waals surface area contributed by atoms with Crippen molar-refractivity contribution in [3.8, 4) is 0 Å². The van der Waals surface area contributed by atoms with Crippen LogP contribution in [0.1, 0.15) is 29.7 Å². The monoisotopic (exact) mass is 308 g/mol. The minimum absolute atomic E-state index is 0.0849. The number of aromatic nitrogens is 2. The van der Waals surface area contributed by atoms with E-state index in [4.69, 9.17) is 5.11 Å². The molecule has 0 aliphatic rings. The van der Waals surface area contributed by atoms with Crippen LogP contribution in [0.25, 0.3) is 11.0 Å². The molecule has 0 saturated heterocycles. The number of carboxylic acid groups (broad SMARTS) is 1. The standard InChI is InChI=1S/C14H16N2O4S/c1-3-9(7-21-2)16-11-6-8(14(19)20)4-5-10(11)15-12(17)13(16)18/h4-6,9H,3,7H2,1-2H3,(H,15,17)(H,19,20). The molecule has 2 aromatic rings. The molecule has 0 amide bonds. The minimum Gasteiger partial charge on any atom is -0.478 e.